The van der Waals surface area contributed by atoms with Gasteiger partial charge in [-0.1, -0.05) is 52.3 Å². The highest BCUT2D eigenvalue weighted by Gasteiger charge is 2.30. The van der Waals surface area contributed by atoms with Crippen LogP contribution in [0.3, 0.4) is 0 Å². The summed E-state index contributed by atoms with van der Waals surface area (Å²) >= 11 is 1.50. The van der Waals surface area contributed by atoms with Gasteiger partial charge in [0.05, 0.1) is 12.1 Å². The molecule has 182 valence electrons. The average Bonchev–Trinajstić information content (AvgIpc) is 3.47. The van der Waals surface area contributed by atoms with Crippen molar-refractivity contribution in [3.63, 3.8) is 0 Å². The zero-order chi connectivity index (χ0) is 25.1. The van der Waals surface area contributed by atoms with Gasteiger partial charge >= 0.3 is 6.18 Å². The van der Waals surface area contributed by atoms with Gasteiger partial charge in [-0.25, -0.2) is 4.98 Å². The van der Waals surface area contributed by atoms with Crippen LogP contribution >= 0.6 is 11.3 Å². The predicted molar refractivity (Wildman–Crippen MR) is 135 cm³/mol. The minimum Gasteiger partial charge on any atom is -0.340 e. The van der Waals surface area contributed by atoms with E-state index in [9.17, 15) is 18.0 Å². The van der Waals surface area contributed by atoms with Crippen molar-refractivity contribution < 1.29 is 18.0 Å². The maximum absolute atomic E-state index is 12.7. The zero-order valence-electron chi connectivity index (χ0n) is 20.0. The molecule has 0 aliphatic carbocycles. The standard InChI is InChI=1S/C22H17F3N2OS.C3H8.C2H6/c23-22(24,25)18-5-3-16(4-6-18)21-26-14-19(29-21)7-1-15-2-8-20-17(13-15)9-10-27(20)11-12-28;1-3-2;1-2/h2-6,8-10,12-14H,1,7,11H2;3H2,1-2H3;1-2H3. The summed E-state index contributed by atoms with van der Waals surface area (Å²) in [5, 5.41) is 1.81. The maximum Gasteiger partial charge on any atom is 0.416 e. The third-order valence-electron chi connectivity index (χ3n) is 4.78. The van der Waals surface area contributed by atoms with Crippen LogP contribution in [0.25, 0.3) is 21.5 Å². The van der Waals surface area contributed by atoms with Gasteiger partial charge in [0.25, 0.3) is 0 Å². The fourth-order valence-corrected chi connectivity index (χ4v) is 4.19. The Hall–Kier alpha value is -2.93. The van der Waals surface area contributed by atoms with Crippen LogP contribution in [0.4, 0.5) is 13.2 Å². The van der Waals surface area contributed by atoms with E-state index in [1.54, 1.807) is 6.20 Å². The minimum absolute atomic E-state index is 0.344. The minimum atomic E-state index is -4.33. The van der Waals surface area contributed by atoms with Gasteiger partial charge in [0.2, 0.25) is 0 Å². The molecule has 34 heavy (non-hydrogen) atoms. The lowest BCUT2D eigenvalue weighted by molar-refractivity contribution is -0.137. The van der Waals surface area contributed by atoms with E-state index in [1.165, 1.54) is 35.5 Å². The summed E-state index contributed by atoms with van der Waals surface area (Å²) < 4.78 is 40.0. The van der Waals surface area contributed by atoms with Crippen molar-refractivity contribution in [1.29, 1.82) is 0 Å². The number of halogens is 3. The number of rotatable bonds is 6. The molecular formula is C27H31F3N2OS. The van der Waals surface area contributed by atoms with Crippen LogP contribution in [0.5, 0.6) is 0 Å². The Labute approximate surface area is 203 Å². The molecule has 0 saturated carbocycles. The molecule has 0 atom stereocenters. The van der Waals surface area contributed by atoms with E-state index in [1.807, 2.05) is 36.7 Å². The maximum atomic E-state index is 12.7. The van der Waals surface area contributed by atoms with Crippen molar-refractivity contribution in [2.45, 2.75) is 59.7 Å². The number of fused-ring (bicyclic) bond motifs is 1. The van der Waals surface area contributed by atoms with Gasteiger partial charge in [-0.2, -0.15) is 13.2 Å². The molecule has 7 heteroatoms. The summed E-state index contributed by atoms with van der Waals surface area (Å²) in [6, 6.07) is 13.3. The second kappa shape index (κ2) is 13.1. The molecule has 2 heterocycles. The number of hydrogen-bond donors (Lipinski definition) is 0. The summed E-state index contributed by atoms with van der Waals surface area (Å²) in [6.07, 6.45) is 3.13. The SMILES string of the molecule is CC.CCC.O=CCn1ccc2cc(CCc3cnc(-c4ccc(C(F)(F)F)cc4)s3)ccc21. The van der Waals surface area contributed by atoms with E-state index >= 15 is 0 Å². The number of aryl methyl sites for hydroxylation is 2. The van der Waals surface area contributed by atoms with Crippen LogP contribution in [0.1, 0.15) is 50.1 Å². The fraction of sp³-hybridized carbons (Fsp3) is 0.333. The number of alkyl halides is 3. The van der Waals surface area contributed by atoms with Crippen LogP contribution in [0, 0.1) is 0 Å². The molecule has 0 saturated heterocycles. The number of hydrogen-bond acceptors (Lipinski definition) is 3. The summed E-state index contributed by atoms with van der Waals surface area (Å²) in [5.74, 6) is 0. The van der Waals surface area contributed by atoms with E-state index in [-0.39, 0.29) is 0 Å². The molecule has 0 fully saturated rings. The summed E-state index contributed by atoms with van der Waals surface area (Å²) in [7, 11) is 0. The first-order chi connectivity index (χ1) is 16.4. The highest BCUT2D eigenvalue weighted by atomic mass is 32.1. The number of carbonyl (C=O) groups is 1. The first-order valence-electron chi connectivity index (χ1n) is 11.5. The second-order valence-electron chi connectivity index (χ2n) is 7.44. The van der Waals surface area contributed by atoms with E-state index < -0.39 is 11.7 Å². The molecule has 0 unspecified atom stereocenters. The molecule has 2 aromatic carbocycles. The third-order valence-corrected chi connectivity index (χ3v) is 5.89. The summed E-state index contributed by atoms with van der Waals surface area (Å²) in [5.41, 5.74) is 2.25. The molecule has 3 nitrogen and oxygen atoms in total. The molecule has 0 amide bonds. The molecule has 0 radical (unpaired) electrons. The molecule has 0 aliphatic heterocycles. The highest BCUT2D eigenvalue weighted by molar-refractivity contribution is 7.15. The second-order valence-corrected chi connectivity index (χ2v) is 8.56. The van der Waals surface area contributed by atoms with E-state index in [0.29, 0.717) is 12.1 Å². The number of carbonyl (C=O) groups excluding carboxylic acids is 1. The van der Waals surface area contributed by atoms with Crippen LogP contribution in [-0.2, 0) is 30.4 Å². The Morgan fingerprint density at radius 2 is 1.68 bits per heavy atom. The Morgan fingerprint density at radius 1 is 1.00 bits per heavy atom. The van der Waals surface area contributed by atoms with Crippen molar-refractivity contribution in [3.05, 3.63) is 76.9 Å². The lowest BCUT2D eigenvalue weighted by Gasteiger charge is -2.06. The van der Waals surface area contributed by atoms with Gasteiger partial charge in [-0.3, -0.25) is 0 Å². The summed E-state index contributed by atoms with van der Waals surface area (Å²) in [6.45, 7) is 8.59. The quantitative estimate of drug-likeness (QED) is 0.256. The van der Waals surface area contributed by atoms with Crippen molar-refractivity contribution in [1.82, 2.24) is 9.55 Å². The number of thiazole rings is 1. The normalized spacial score (nSPS) is 10.8. The molecule has 2 aromatic heterocycles. The van der Waals surface area contributed by atoms with Gasteiger partial charge < -0.3 is 9.36 Å². The Balaban J connectivity index is 0.000000758. The highest BCUT2D eigenvalue weighted by Crippen LogP contribution is 2.32. The van der Waals surface area contributed by atoms with E-state index in [4.69, 9.17) is 0 Å². The van der Waals surface area contributed by atoms with E-state index in [2.05, 4.69) is 31.0 Å². The van der Waals surface area contributed by atoms with Crippen molar-refractivity contribution >= 4 is 28.5 Å². The number of nitrogens with zero attached hydrogens (tertiary/aromatic N) is 2. The topological polar surface area (TPSA) is 34.9 Å². The van der Waals surface area contributed by atoms with Gasteiger partial charge in [-0.05, 0) is 54.1 Å². The van der Waals surface area contributed by atoms with Gasteiger partial charge in [0, 0.05) is 28.4 Å². The smallest absolute Gasteiger partial charge is 0.340 e. The van der Waals surface area contributed by atoms with Crippen molar-refractivity contribution in [2.24, 2.45) is 0 Å². The van der Waals surface area contributed by atoms with Crippen LogP contribution in [0.15, 0.2) is 60.9 Å². The first-order valence-corrected chi connectivity index (χ1v) is 12.3. The van der Waals surface area contributed by atoms with Gasteiger partial charge in [-0.15, -0.1) is 11.3 Å². The van der Waals surface area contributed by atoms with Crippen LogP contribution in [-0.4, -0.2) is 15.8 Å². The molecule has 0 aliphatic rings. The molecule has 4 aromatic rings. The zero-order valence-corrected chi connectivity index (χ0v) is 20.8. The number of aldehydes is 1. The van der Waals surface area contributed by atoms with Gasteiger partial charge in [0.1, 0.15) is 11.3 Å². The van der Waals surface area contributed by atoms with Crippen LogP contribution in [0.2, 0.25) is 0 Å². The molecular weight excluding hydrogens is 457 g/mol. The number of benzene rings is 2. The lowest BCUT2D eigenvalue weighted by Crippen LogP contribution is -2.03. The monoisotopic (exact) mass is 488 g/mol. The fourth-order valence-electron chi connectivity index (χ4n) is 3.27. The first kappa shape index (κ1) is 27.3. The predicted octanol–water partition coefficient (Wildman–Crippen LogP) is 8.21. The van der Waals surface area contributed by atoms with Crippen molar-refractivity contribution in [2.75, 3.05) is 0 Å². The van der Waals surface area contributed by atoms with E-state index in [0.717, 1.165) is 52.0 Å². The Kier molecular flexibility index (Phi) is 10.5. The largest absolute Gasteiger partial charge is 0.416 e. The average molecular weight is 489 g/mol. The molecule has 0 bridgehead atoms. The van der Waals surface area contributed by atoms with Gasteiger partial charge in [0.15, 0.2) is 0 Å². The number of aromatic nitrogens is 2. The lowest BCUT2D eigenvalue weighted by atomic mass is 10.1. The Morgan fingerprint density at radius 3 is 2.29 bits per heavy atom. The molecule has 0 spiro atoms. The van der Waals surface area contributed by atoms with Crippen LogP contribution < -0.4 is 0 Å². The van der Waals surface area contributed by atoms with Crippen molar-refractivity contribution in [3.8, 4) is 10.6 Å². The third kappa shape index (κ3) is 7.29. The Bertz CT molecular complexity index is 1160. The summed E-state index contributed by atoms with van der Waals surface area (Å²) in [4.78, 5) is 16.2. The molecule has 4 rings (SSSR count). The molecule has 0 N–H and O–H groups in total.